The molecule has 0 bridgehead atoms. The Kier molecular flexibility index (Phi) is 8.09. The fourth-order valence-electron chi connectivity index (χ4n) is 3.06. The van der Waals surface area contributed by atoms with Crippen LogP contribution in [0.4, 0.5) is 10.5 Å². The number of para-hydroxylation sites is 1. The molecule has 0 aliphatic heterocycles. The number of hydrogen-bond acceptors (Lipinski definition) is 4. The Morgan fingerprint density at radius 2 is 1.81 bits per heavy atom. The molecule has 0 fully saturated rings. The van der Waals surface area contributed by atoms with E-state index in [0.717, 1.165) is 34.0 Å². The quantitative estimate of drug-likeness (QED) is 0.277. The Balaban J connectivity index is 1.84. The van der Waals surface area contributed by atoms with Gasteiger partial charge in [0.05, 0.1) is 5.69 Å². The molecule has 0 saturated heterocycles. The largest absolute Gasteiger partial charge is 0.455 e. The maximum absolute atomic E-state index is 11.4. The number of nitrogens with zero attached hydrogens (tertiary/aromatic N) is 1. The van der Waals surface area contributed by atoms with Crippen molar-refractivity contribution in [1.29, 1.82) is 0 Å². The number of carbonyl (C=O) groups excluding carboxylic acids is 1. The lowest BCUT2D eigenvalue weighted by molar-refractivity contribution is -0.00164. The molecule has 0 saturated carbocycles. The second-order valence-electron chi connectivity index (χ2n) is 6.96. The van der Waals surface area contributed by atoms with E-state index >= 15 is 0 Å². The van der Waals surface area contributed by atoms with E-state index in [1.807, 2.05) is 48.5 Å². The summed E-state index contributed by atoms with van der Waals surface area (Å²) in [5.41, 5.74) is 7.78. The number of urea groups is 1. The lowest BCUT2D eigenvalue weighted by atomic mass is 10.0. The van der Waals surface area contributed by atoms with E-state index < -0.39 is 12.3 Å². The van der Waals surface area contributed by atoms with Crippen molar-refractivity contribution in [2.45, 2.75) is 32.5 Å². The first-order valence-corrected chi connectivity index (χ1v) is 10.8. The molecule has 5 nitrogen and oxygen atoms in total. The molecule has 31 heavy (non-hydrogen) atoms. The zero-order valence-electron chi connectivity index (χ0n) is 17.2. The van der Waals surface area contributed by atoms with Crippen LogP contribution in [-0.2, 0) is 0 Å². The summed E-state index contributed by atoms with van der Waals surface area (Å²) in [5, 5.41) is 0.681. The molecule has 0 heterocycles. The number of nitrogens with two attached hydrogens (primary N) is 1. The zero-order chi connectivity index (χ0) is 22.2. The number of carbonyl (C=O) groups is 1. The molecule has 0 spiro atoms. The normalized spacial score (nSPS) is 11.6. The second-order valence-corrected chi connectivity index (χ2v) is 7.79. The number of rotatable bonds is 9. The summed E-state index contributed by atoms with van der Waals surface area (Å²) < 4.78 is 13.5. The van der Waals surface area contributed by atoms with Crippen molar-refractivity contribution < 1.29 is 14.3 Å². The van der Waals surface area contributed by atoms with Gasteiger partial charge in [0.25, 0.3) is 0 Å². The Morgan fingerprint density at radius 3 is 2.52 bits per heavy atom. The van der Waals surface area contributed by atoms with Gasteiger partial charge in [-0.3, -0.25) is 0 Å². The van der Waals surface area contributed by atoms with E-state index in [0.29, 0.717) is 22.9 Å². The fraction of sp³-hybridized carbons (Fsp3) is 0.208. The van der Waals surface area contributed by atoms with Crippen LogP contribution in [0.1, 0.15) is 26.2 Å². The van der Waals surface area contributed by atoms with Crippen LogP contribution >= 0.6 is 24.4 Å². The Labute approximate surface area is 193 Å². The van der Waals surface area contributed by atoms with E-state index in [4.69, 9.17) is 26.8 Å². The van der Waals surface area contributed by atoms with Crippen molar-refractivity contribution in [2.75, 3.05) is 4.31 Å². The molecule has 3 aromatic carbocycles. The van der Waals surface area contributed by atoms with E-state index in [2.05, 4.69) is 19.7 Å². The average molecular weight is 457 g/mol. The molecule has 162 valence electrons. The topological polar surface area (TPSA) is 64.8 Å². The highest BCUT2D eigenvalue weighted by atomic mass is 35.5. The van der Waals surface area contributed by atoms with Gasteiger partial charge in [0.1, 0.15) is 11.5 Å². The molecule has 2 amide bonds. The smallest absolute Gasteiger partial charge is 0.329 e. The molecule has 0 aromatic heterocycles. The van der Waals surface area contributed by atoms with Crippen LogP contribution in [0.15, 0.2) is 72.8 Å². The summed E-state index contributed by atoms with van der Waals surface area (Å²) in [6, 6.07) is 21.8. The van der Waals surface area contributed by atoms with Crippen LogP contribution < -0.4 is 19.5 Å². The van der Waals surface area contributed by atoms with Gasteiger partial charge >= 0.3 is 6.03 Å². The predicted octanol–water partition coefficient (Wildman–Crippen LogP) is 6.71. The SMILES string of the molecule is CCCCC(Oc1cccc(N(S)C(N)=O)c1)Oc1ccccc1-c1ccc(Cl)cc1. The van der Waals surface area contributed by atoms with Crippen molar-refractivity contribution in [2.24, 2.45) is 5.73 Å². The van der Waals surface area contributed by atoms with E-state index in [1.165, 1.54) is 0 Å². The van der Waals surface area contributed by atoms with E-state index in [1.54, 1.807) is 24.3 Å². The molecular weight excluding hydrogens is 432 g/mol. The lowest BCUT2D eigenvalue weighted by Crippen LogP contribution is -2.27. The summed E-state index contributed by atoms with van der Waals surface area (Å²) >= 11 is 10.1. The molecule has 2 N–H and O–H groups in total. The Bertz CT molecular complexity index is 1010. The third-order valence-electron chi connectivity index (χ3n) is 4.63. The summed E-state index contributed by atoms with van der Waals surface area (Å²) in [4.78, 5) is 11.4. The standard InChI is InChI=1S/C24H25ClN2O3S/c1-2-3-11-23(29-20-8-6-7-19(16-20)27(31)24(26)28)30-22-10-5-4-9-21(22)17-12-14-18(25)15-13-17/h4-10,12-16,23,31H,2-3,11H2,1H3,(H2,26,28). The van der Waals surface area contributed by atoms with Crippen molar-refractivity contribution >= 4 is 36.1 Å². The van der Waals surface area contributed by atoms with Crippen LogP contribution in [0, 0.1) is 0 Å². The van der Waals surface area contributed by atoms with Gasteiger partial charge in [-0.25, -0.2) is 9.10 Å². The summed E-state index contributed by atoms with van der Waals surface area (Å²) in [6.07, 6.45) is 2.14. The van der Waals surface area contributed by atoms with Gasteiger partial charge < -0.3 is 15.2 Å². The first kappa shape index (κ1) is 22.8. The van der Waals surface area contributed by atoms with Gasteiger partial charge in [0.2, 0.25) is 6.29 Å². The number of anilines is 1. The minimum absolute atomic E-state index is 0.509. The van der Waals surface area contributed by atoms with Gasteiger partial charge in [-0.2, -0.15) is 0 Å². The van der Waals surface area contributed by atoms with Gasteiger partial charge in [0, 0.05) is 23.1 Å². The maximum Gasteiger partial charge on any atom is 0.329 e. The third-order valence-corrected chi connectivity index (χ3v) is 5.31. The molecule has 0 aliphatic carbocycles. The van der Waals surface area contributed by atoms with Crippen molar-refractivity contribution in [3.8, 4) is 22.6 Å². The predicted molar refractivity (Wildman–Crippen MR) is 129 cm³/mol. The highest BCUT2D eigenvalue weighted by Gasteiger charge is 2.16. The van der Waals surface area contributed by atoms with Crippen LogP contribution in [0.5, 0.6) is 11.5 Å². The van der Waals surface area contributed by atoms with Crippen molar-refractivity contribution in [3.05, 3.63) is 77.8 Å². The number of amides is 2. The maximum atomic E-state index is 11.4. The summed E-state index contributed by atoms with van der Waals surface area (Å²) in [6.45, 7) is 2.12. The van der Waals surface area contributed by atoms with E-state index in [9.17, 15) is 4.79 Å². The molecule has 0 aliphatic rings. The molecular formula is C24H25ClN2O3S. The number of thiol groups is 1. The van der Waals surface area contributed by atoms with Crippen LogP contribution in [0.25, 0.3) is 11.1 Å². The summed E-state index contributed by atoms with van der Waals surface area (Å²) in [5.74, 6) is 1.28. The highest BCUT2D eigenvalue weighted by Crippen LogP contribution is 2.32. The highest BCUT2D eigenvalue weighted by molar-refractivity contribution is 7.82. The molecule has 7 heteroatoms. The average Bonchev–Trinajstić information content (AvgIpc) is 2.78. The number of ether oxygens (including phenoxy) is 2. The van der Waals surface area contributed by atoms with Crippen molar-refractivity contribution in [1.82, 2.24) is 0 Å². The van der Waals surface area contributed by atoms with Crippen molar-refractivity contribution in [3.63, 3.8) is 0 Å². The Hall–Kier alpha value is -2.83. The first-order chi connectivity index (χ1) is 15.0. The van der Waals surface area contributed by atoms with E-state index in [-0.39, 0.29) is 0 Å². The molecule has 3 aromatic rings. The van der Waals surface area contributed by atoms with Crippen LogP contribution in [-0.4, -0.2) is 12.3 Å². The van der Waals surface area contributed by atoms with Gasteiger partial charge in [-0.15, -0.1) is 0 Å². The third kappa shape index (κ3) is 6.32. The number of benzene rings is 3. The molecule has 0 radical (unpaired) electrons. The molecule has 1 unspecified atom stereocenters. The first-order valence-electron chi connectivity index (χ1n) is 10.0. The lowest BCUT2D eigenvalue weighted by Gasteiger charge is -2.23. The fourth-order valence-corrected chi connectivity index (χ4v) is 3.31. The van der Waals surface area contributed by atoms with Gasteiger partial charge in [-0.1, -0.05) is 74.2 Å². The summed E-state index contributed by atoms with van der Waals surface area (Å²) in [7, 11) is 0. The minimum Gasteiger partial charge on any atom is -0.455 e. The Morgan fingerprint density at radius 1 is 1.06 bits per heavy atom. The molecule has 1 atom stereocenters. The van der Waals surface area contributed by atoms with Crippen LogP contribution in [0.3, 0.4) is 0 Å². The zero-order valence-corrected chi connectivity index (χ0v) is 18.9. The van der Waals surface area contributed by atoms with Crippen LogP contribution in [0.2, 0.25) is 5.02 Å². The number of hydrogen-bond donors (Lipinski definition) is 2. The minimum atomic E-state index is -0.670. The molecule has 3 rings (SSSR count). The van der Waals surface area contributed by atoms with Gasteiger partial charge in [0.15, 0.2) is 0 Å². The number of unbranched alkanes of at least 4 members (excludes halogenated alkanes) is 1. The monoisotopic (exact) mass is 456 g/mol. The second kappa shape index (κ2) is 11.0. The number of halogens is 1. The van der Waals surface area contributed by atoms with Gasteiger partial charge in [-0.05, 0) is 42.3 Å². The number of primary amides is 1.